The average molecular weight is 236 g/mol. The fourth-order valence-corrected chi connectivity index (χ4v) is 1.59. The molecule has 0 radical (unpaired) electrons. The third-order valence-corrected chi connectivity index (χ3v) is 2.64. The number of aromatic nitrogens is 1. The molecule has 2 atom stereocenters. The largest absolute Gasteiger partial charge is 0.372 e. The molecular weight excluding hydrogens is 212 g/mol. The highest BCUT2D eigenvalue weighted by Crippen LogP contribution is 2.23. The van der Waals surface area contributed by atoms with Crippen LogP contribution in [0.1, 0.15) is 45.8 Å². The maximum absolute atomic E-state index is 5.97. The monoisotopic (exact) mass is 236 g/mol. The topological polar surface area (TPSA) is 48.1 Å². The van der Waals surface area contributed by atoms with Crippen LogP contribution in [0.5, 0.6) is 0 Å². The van der Waals surface area contributed by atoms with Crippen LogP contribution in [-0.2, 0) is 4.74 Å². The Hall–Kier alpha value is -0.930. The van der Waals surface area contributed by atoms with Crippen molar-refractivity contribution in [1.29, 1.82) is 0 Å². The molecule has 0 amide bonds. The molecule has 0 bridgehead atoms. The van der Waals surface area contributed by atoms with Crippen LogP contribution in [0.3, 0.4) is 0 Å². The summed E-state index contributed by atoms with van der Waals surface area (Å²) in [4.78, 5) is 4.11. The highest BCUT2D eigenvalue weighted by Gasteiger charge is 2.18. The summed E-state index contributed by atoms with van der Waals surface area (Å²) < 4.78 is 5.90. The second-order valence-corrected chi connectivity index (χ2v) is 5.75. The lowest BCUT2D eigenvalue weighted by Crippen LogP contribution is -2.28. The van der Waals surface area contributed by atoms with E-state index in [4.69, 9.17) is 10.5 Å². The van der Waals surface area contributed by atoms with Crippen LogP contribution in [0.4, 0.5) is 0 Å². The van der Waals surface area contributed by atoms with Crippen LogP contribution in [0.15, 0.2) is 24.5 Å². The van der Waals surface area contributed by atoms with Gasteiger partial charge in [0.15, 0.2) is 0 Å². The van der Waals surface area contributed by atoms with Crippen molar-refractivity contribution in [3.8, 4) is 0 Å². The van der Waals surface area contributed by atoms with Crippen LogP contribution in [0.2, 0.25) is 0 Å². The van der Waals surface area contributed by atoms with Crippen LogP contribution >= 0.6 is 0 Å². The summed E-state index contributed by atoms with van der Waals surface area (Å²) in [5, 5.41) is 0. The zero-order valence-electron chi connectivity index (χ0n) is 11.3. The van der Waals surface area contributed by atoms with Crippen molar-refractivity contribution in [3.05, 3.63) is 30.1 Å². The Morgan fingerprint density at radius 2 is 2.12 bits per heavy atom. The van der Waals surface area contributed by atoms with Crippen LogP contribution < -0.4 is 5.73 Å². The number of nitrogens with zero attached hydrogens (tertiary/aromatic N) is 1. The first-order valence-electron chi connectivity index (χ1n) is 6.17. The van der Waals surface area contributed by atoms with Gasteiger partial charge in [-0.05, 0) is 24.8 Å². The summed E-state index contributed by atoms with van der Waals surface area (Å²) in [6.07, 6.45) is 4.55. The maximum Gasteiger partial charge on any atom is 0.0987 e. The summed E-state index contributed by atoms with van der Waals surface area (Å²) in [6.45, 7) is 9.32. The zero-order valence-corrected chi connectivity index (χ0v) is 11.3. The molecule has 0 saturated heterocycles. The van der Waals surface area contributed by atoms with E-state index >= 15 is 0 Å². The van der Waals surface area contributed by atoms with E-state index in [-0.39, 0.29) is 17.6 Å². The summed E-state index contributed by atoms with van der Waals surface area (Å²) in [6, 6.07) is 3.90. The van der Waals surface area contributed by atoms with Crippen molar-refractivity contribution in [2.75, 3.05) is 6.61 Å². The lowest BCUT2D eigenvalue weighted by atomic mass is 9.93. The average Bonchev–Trinajstić information content (AvgIpc) is 2.23. The summed E-state index contributed by atoms with van der Waals surface area (Å²) in [5.41, 5.74) is 7.31. The molecular formula is C14H24N2O. The number of pyridine rings is 1. The number of rotatable bonds is 5. The Balaban J connectivity index is 2.57. The van der Waals surface area contributed by atoms with E-state index in [1.165, 1.54) is 0 Å². The molecule has 3 nitrogen and oxygen atoms in total. The quantitative estimate of drug-likeness (QED) is 0.855. The molecule has 17 heavy (non-hydrogen) atoms. The van der Waals surface area contributed by atoms with E-state index in [2.05, 4.69) is 25.8 Å². The highest BCUT2D eigenvalue weighted by molar-refractivity contribution is 5.13. The van der Waals surface area contributed by atoms with Crippen molar-refractivity contribution in [3.63, 3.8) is 0 Å². The molecule has 3 heteroatoms. The van der Waals surface area contributed by atoms with Gasteiger partial charge in [0.1, 0.15) is 0 Å². The summed E-state index contributed by atoms with van der Waals surface area (Å²) in [5.74, 6) is 0. The Morgan fingerprint density at radius 1 is 1.41 bits per heavy atom. The van der Waals surface area contributed by atoms with Gasteiger partial charge in [-0.1, -0.05) is 26.8 Å². The molecule has 1 rings (SSSR count). The predicted molar refractivity (Wildman–Crippen MR) is 70.7 cm³/mol. The molecule has 96 valence electrons. The fraction of sp³-hybridized carbons (Fsp3) is 0.643. The first kappa shape index (κ1) is 14.1. The van der Waals surface area contributed by atoms with E-state index in [0.29, 0.717) is 0 Å². The lowest BCUT2D eigenvalue weighted by Gasteiger charge is -2.24. The Morgan fingerprint density at radius 3 is 2.59 bits per heavy atom. The van der Waals surface area contributed by atoms with Gasteiger partial charge in [-0.2, -0.15) is 0 Å². The van der Waals surface area contributed by atoms with Gasteiger partial charge in [0.2, 0.25) is 0 Å². The molecule has 2 unspecified atom stereocenters. The standard InChI is InChI=1S/C14H24N2O/c1-11(15)13(12-6-5-8-16-10-12)17-9-7-14(2,3)4/h5-6,8,10-11,13H,7,9,15H2,1-4H3. The van der Waals surface area contributed by atoms with Crippen molar-refractivity contribution in [1.82, 2.24) is 4.98 Å². The van der Waals surface area contributed by atoms with Crippen molar-refractivity contribution >= 4 is 0 Å². The van der Waals surface area contributed by atoms with Crippen molar-refractivity contribution < 1.29 is 4.74 Å². The van der Waals surface area contributed by atoms with Crippen molar-refractivity contribution in [2.24, 2.45) is 11.1 Å². The highest BCUT2D eigenvalue weighted by atomic mass is 16.5. The normalized spacial score (nSPS) is 15.6. The molecule has 1 heterocycles. The van der Waals surface area contributed by atoms with Gasteiger partial charge in [0.05, 0.1) is 6.10 Å². The predicted octanol–water partition coefficient (Wildman–Crippen LogP) is 2.92. The van der Waals surface area contributed by atoms with E-state index in [1.54, 1.807) is 6.20 Å². The molecule has 0 spiro atoms. The molecule has 0 aliphatic heterocycles. The first-order chi connectivity index (χ1) is 7.90. The van der Waals surface area contributed by atoms with Crippen LogP contribution in [0, 0.1) is 5.41 Å². The molecule has 0 aliphatic carbocycles. The second-order valence-electron chi connectivity index (χ2n) is 5.75. The Bertz CT molecular complexity index is 317. The molecule has 1 aromatic rings. The summed E-state index contributed by atoms with van der Waals surface area (Å²) >= 11 is 0. The smallest absolute Gasteiger partial charge is 0.0987 e. The SMILES string of the molecule is CC(N)C(OCCC(C)(C)C)c1cccnc1. The van der Waals surface area contributed by atoms with Gasteiger partial charge in [0, 0.05) is 30.6 Å². The number of ether oxygens (including phenoxy) is 1. The molecule has 2 N–H and O–H groups in total. The van der Waals surface area contributed by atoms with Crippen LogP contribution in [-0.4, -0.2) is 17.6 Å². The number of hydrogen-bond donors (Lipinski definition) is 1. The first-order valence-corrected chi connectivity index (χ1v) is 6.17. The van der Waals surface area contributed by atoms with Gasteiger partial charge in [-0.25, -0.2) is 0 Å². The molecule has 0 aromatic carbocycles. The number of hydrogen-bond acceptors (Lipinski definition) is 3. The fourth-order valence-electron chi connectivity index (χ4n) is 1.59. The number of nitrogens with two attached hydrogens (primary N) is 1. The van der Waals surface area contributed by atoms with E-state index in [9.17, 15) is 0 Å². The van der Waals surface area contributed by atoms with Gasteiger partial charge < -0.3 is 10.5 Å². The zero-order chi connectivity index (χ0) is 12.9. The van der Waals surface area contributed by atoms with E-state index in [1.807, 2.05) is 25.3 Å². The maximum atomic E-state index is 5.97. The molecule has 0 saturated carbocycles. The second kappa shape index (κ2) is 6.12. The minimum absolute atomic E-state index is 0.0285. The Labute approximate surface area is 104 Å². The molecule has 0 fully saturated rings. The lowest BCUT2D eigenvalue weighted by molar-refractivity contribution is 0.0240. The van der Waals surface area contributed by atoms with E-state index in [0.717, 1.165) is 18.6 Å². The van der Waals surface area contributed by atoms with Gasteiger partial charge >= 0.3 is 0 Å². The van der Waals surface area contributed by atoms with Gasteiger partial charge in [-0.15, -0.1) is 0 Å². The van der Waals surface area contributed by atoms with Crippen LogP contribution in [0.25, 0.3) is 0 Å². The minimum atomic E-state index is -0.0638. The van der Waals surface area contributed by atoms with Crippen molar-refractivity contribution in [2.45, 2.75) is 46.3 Å². The summed E-state index contributed by atoms with van der Waals surface area (Å²) in [7, 11) is 0. The Kier molecular flexibility index (Phi) is 5.09. The minimum Gasteiger partial charge on any atom is -0.372 e. The molecule has 1 aromatic heterocycles. The third-order valence-electron chi connectivity index (χ3n) is 2.64. The third kappa shape index (κ3) is 5.29. The molecule has 0 aliphatic rings. The van der Waals surface area contributed by atoms with Gasteiger partial charge in [-0.3, -0.25) is 4.98 Å². The van der Waals surface area contributed by atoms with Gasteiger partial charge in [0.25, 0.3) is 0 Å². The van der Waals surface area contributed by atoms with E-state index < -0.39 is 0 Å².